The van der Waals surface area contributed by atoms with Crippen LogP contribution in [0.2, 0.25) is 0 Å². The van der Waals surface area contributed by atoms with Gasteiger partial charge in [-0.2, -0.15) is 0 Å². The van der Waals surface area contributed by atoms with E-state index in [0.29, 0.717) is 24.2 Å². The molecule has 1 aliphatic heterocycles. The largest absolute Gasteiger partial charge is 0.496 e. The molecule has 0 saturated heterocycles. The molecule has 5 rings (SSSR count). The number of ether oxygens (including phenoxy) is 1. The van der Waals surface area contributed by atoms with E-state index in [1.165, 1.54) is 10.5 Å². The van der Waals surface area contributed by atoms with Gasteiger partial charge in [0, 0.05) is 18.0 Å². The number of para-hydroxylation sites is 1. The van der Waals surface area contributed by atoms with E-state index < -0.39 is 5.54 Å². The zero-order valence-electron chi connectivity index (χ0n) is 16.5. The summed E-state index contributed by atoms with van der Waals surface area (Å²) in [7, 11) is 3.40. The highest BCUT2D eigenvalue weighted by Crippen LogP contribution is 2.89. The highest BCUT2D eigenvalue weighted by molar-refractivity contribution is 5.99. The number of carbonyl (C=O) groups is 1. The number of hydrogen-bond donors (Lipinski definition) is 1. The van der Waals surface area contributed by atoms with Crippen LogP contribution in [-0.4, -0.2) is 36.5 Å². The molecule has 5 heteroatoms. The Hall–Kier alpha value is -2.82. The number of nitrogens with two attached hydrogens (primary N) is 1. The predicted molar refractivity (Wildman–Crippen MR) is 109 cm³/mol. The van der Waals surface area contributed by atoms with Gasteiger partial charge < -0.3 is 10.5 Å². The van der Waals surface area contributed by atoms with Crippen LogP contribution in [0.5, 0.6) is 5.75 Å². The van der Waals surface area contributed by atoms with Gasteiger partial charge in [0.1, 0.15) is 5.75 Å². The number of amides is 1. The van der Waals surface area contributed by atoms with Crippen LogP contribution in [0.1, 0.15) is 31.2 Å². The number of fused-ring (bicyclic) bond motifs is 1. The van der Waals surface area contributed by atoms with Crippen molar-refractivity contribution in [1.82, 2.24) is 4.90 Å². The second-order valence-corrected chi connectivity index (χ2v) is 8.53. The molecule has 5 nitrogen and oxygen atoms in total. The van der Waals surface area contributed by atoms with E-state index >= 15 is 0 Å². The number of benzene rings is 2. The van der Waals surface area contributed by atoms with Gasteiger partial charge in [-0.1, -0.05) is 42.5 Å². The van der Waals surface area contributed by atoms with E-state index in [4.69, 9.17) is 15.5 Å². The lowest BCUT2D eigenvalue weighted by Crippen LogP contribution is -2.51. The fourth-order valence-corrected chi connectivity index (χ4v) is 5.35. The second kappa shape index (κ2) is 5.60. The Balaban J connectivity index is 1.48. The first-order valence-corrected chi connectivity index (χ1v) is 9.76. The zero-order valence-corrected chi connectivity index (χ0v) is 16.5. The summed E-state index contributed by atoms with van der Waals surface area (Å²) in [4.78, 5) is 18.7. The van der Waals surface area contributed by atoms with Crippen molar-refractivity contribution in [2.45, 2.75) is 31.2 Å². The number of aliphatic imine (C=N–C) groups is 1. The molecule has 2 aromatic carbocycles. The van der Waals surface area contributed by atoms with Gasteiger partial charge in [-0.05, 0) is 42.4 Å². The summed E-state index contributed by atoms with van der Waals surface area (Å²) in [6.45, 7) is 2.11. The molecule has 2 aliphatic carbocycles. The van der Waals surface area contributed by atoms with Gasteiger partial charge >= 0.3 is 0 Å². The van der Waals surface area contributed by atoms with Crippen molar-refractivity contribution < 1.29 is 9.53 Å². The van der Waals surface area contributed by atoms with Crippen molar-refractivity contribution in [3.05, 3.63) is 54.1 Å². The Labute approximate surface area is 165 Å². The molecule has 0 aromatic heterocycles. The lowest BCUT2D eigenvalue weighted by atomic mass is 9.79. The summed E-state index contributed by atoms with van der Waals surface area (Å²) < 4.78 is 5.54. The smallest absolute Gasteiger partial charge is 0.231 e. The number of rotatable bonds is 4. The first-order valence-electron chi connectivity index (χ1n) is 9.76. The lowest BCUT2D eigenvalue weighted by molar-refractivity contribution is -0.128. The van der Waals surface area contributed by atoms with E-state index in [2.05, 4.69) is 37.3 Å². The molecule has 2 saturated carbocycles. The van der Waals surface area contributed by atoms with E-state index in [1.54, 1.807) is 14.2 Å². The third-order valence-corrected chi connectivity index (χ3v) is 7.15. The van der Waals surface area contributed by atoms with E-state index in [1.807, 2.05) is 18.2 Å². The van der Waals surface area contributed by atoms with Crippen LogP contribution in [0.4, 0.5) is 0 Å². The molecule has 2 aromatic rings. The average Bonchev–Trinajstić information content (AvgIpc) is 3.57. The van der Waals surface area contributed by atoms with Crippen LogP contribution in [0.15, 0.2) is 53.5 Å². The monoisotopic (exact) mass is 375 g/mol. The number of carbonyl (C=O) groups excluding carboxylic acids is 1. The van der Waals surface area contributed by atoms with Crippen LogP contribution in [0, 0.1) is 11.3 Å². The molecule has 4 unspecified atom stereocenters. The number of guanidine groups is 1. The summed E-state index contributed by atoms with van der Waals surface area (Å²) in [6.07, 6.45) is 1.56. The Morgan fingerprint density at radius 3 is 2.71 bits per heavy atom. The van der Waals surface area contributed by atoms with Crippen LogP contribution >= 0.6 is 0 Å². The van der Waals surface area contributed by atoms with Crippen LogP contribution < -0.4 is 10.5 Å². The molecule has 28 heavy (non-hydrogen) atoms. The molecule has 3 aliphatic rings. The first-order chi connectivity index (χ1) is 13.4. The van der Waals surface area contributed by atoms with Gasteiger partial charge in [0.2, 0.25) is 5.91 Å². The topological polar surface area (TPSA) is 67.9 Å². The summed E-state index contributed by atoms with van der Waals surface area (Å²) in [5, 5.41) is 0. The third kappa shape index (κ3) is 2.19. The maximum atomic E-state index is 12.4. The molecular formula is C23H25N3O2. The van der Waals surface area contributed by atoms with Gasteiger partial charge in [0.25, 0.3) is 0 Å². The van der Waals surface area contributed by atoms with Gasteiger partial charge in [0.15, 0.2) is 5.96 Å². The van der Waals surface area contributed by atoms with Crippen molar-refractivity contribution in [2.75, 3.05) is 14.2 Å². The highest BCUT2D eigenvalue weighted by Gasteiger charge is 2.85. The van der Waals surface area contributed by atoms with Crippen molar-refractivity contribution in [3.8, 4) is 16.9 Å². The molecule has 2 fully saturated rings. The zero-order chi connectivity index (χ0) is 19.7. The predicted octanol–water partition coefficient (Wildman–Crippen LogP) is 3.40. The van der Waals surface area contributed by atoms with Crippen molar-refractivity contribution in [2.24, 2.45) is 22.1 Å². The summed E-state index contributed by atoms with van der Waals surface area (Å²) >= 11 is 0. The second-order valence-electron chi connectivity index (χ2n) is 8.53. The van der Waals surface area contributed by atoms with Gasteiger partial charge in [-0.3, -0.25) is 9.69 Å². The quantitative estimate of drug-likeness (QED) is 0.890. The first kappa shape index (κ1) is 17.3. The summed E-state index contributed by atoms with van der Waals surface area (Å²) in [5.41, 5.74) is 9.29. The van der Waals surface area contributed by atoms with Crippen molar-refractivity contribution in [3.63, 3.8) is 0 Å². The number of nitrogens with zero attached hydrogens (tertiary/aromatic N) is 2. The van der Waals surface area contributed by atoms with Crippen molar-refractivity contribution >= 4 is 11.9 Å². The Morgan fingerprint density at radius 2 is 2.00 bits per heavy atom. The summed E-state index contributed by atoms with van der Waals surface area (Å²) in [6, 6.07) is 16.8. The normalized spacial score (nSPS) is 33.2. The Bertz CT molecular complexity index is 1020. The Kier molecular flexibility index (Phi) is 3.46. The third-order valence-electron chi connectivity index (χ3n) is 7.15. The molecule has 0 spiro atoms. The minimum atomic E-state index is -0.406. The van der Waals surface area contributed by atoms with Crippen LogP contribution in [-0.2, 0) is 4.79 Å². The molecule has 0 radical (unpaired) electrons. The van der Waals surface area contributed by atoms with Gasteiger partial charge in [-0.25, -0.2) is 4.99 Å². The van der Waals surface area contributed by atoms with Crippen molar-refractivity contribution in [1.29, 1.82) is 0 Å². The van der Waals surface area contributed by atoms with Crippen LogP contribution in [0.3, 0.4) is 0 Å². The SMILES string of the molecule is COc1ccccc1-c1cccc(C2C3CC32C2(C)CC(=O)N(C)C(N)=N2)c1. The number of methoxy groups -OCH3 is 1. The van der Waals surface area contributed by atoms with E-state index in [0.717, 1.165) is 23.3 Å². The minimum Gasteiger partial charge on any atom is -0.496 e. The lowest BCUT2D eigenvalue weighted by Gasteiger charge is -2.37. The molecule has 1 heterocycles. The number of hydrogen-bond acceptors (Lipinski definition) is 4. The van der Waals surface area contributed by atoms with E-state index in [-0.39, 0.29) is 11.3 Å². The van der Waals surface area contributed by atoms with Crippen LogP contribution in [0.25, 0.3) is 11.1 Å². The standard InChI is InChI=1S/C23H25N3O2/c1-22(13-19(27)26(2)21(24)25-22)23-12-17(23)20(23)15-8-6-7-14(11-15)16-9-4-5-10-18(16)28-3/h4-11,17,20H,12-13H2,1-3H3,(H2,24,25). The maximum Gasteiger partial charge on any atom is 0.231 e. The fraction of sp³-hybridized carbons (Fsp3) is 0.391. The molecule has 4 atom stereocenters. The molecular weight excluding hydrogens is 350 g/mol. The highest BCUT2D eigenvalue weighted by atomic mass is 16.5. The fourth-order valence-electron chi connectivity index (χ4n) is 5.35. The molecule has 2 N–H and O–H groups in total. The molecule has 0 bridgehead atoms. The Morgan fingerprint density at radius 1 is 1.21 bits per heavy atom. The van der Waals surface area contributed by atoms with E-state index in [9.17, 15) is 4.79 Å². The summed E-state index contributed by atoms with van der Waals surface area (Å²) in [5.74, 6) is 2.31. The maximum absolute atomic E-state index is 12.4. The minimum absolute atomic E-state index is 0.0587. The van der Waals surface area contributed by atoms with Gasteiger partial charge in [0.05, 0.1) is 19.1 Å². The molecule has 1 amide bonds. The molecule has 144 valence electrons. The van der Waals surface area contributed by atoms with Gasteiger partial charge in [-0.15, -0.1) is 0 Å². The average molecular weight is 375 g/mol.